The van der Waals surface area contributed by atoms with Gasteiger partial charge in [-0.3, -0.25) is 14.8 Å². The number of carbonyl (C=O) groups excluding carboxylic acids is 1. The van der Waals surface area contributed by atoms with Crippen LogP contribution in [-0.4, -0.2) is 25.3 Å². The molecule has 0 atom stereocenters. The van der Waals surface area contributed by atoms with Crippen LogP contribution in [0.1, 0.15) is 10.4 Å². The smallest absolute Gasteiger partial charge is 0.263 e. The second kappa shape index (κ2) is 5.81. The van der Waals surface area contributed by atoms with Gasteiger partial charge >= 0.3 is 0 Å². The summed E-state index contributed by atoms with van der Waals surface area (Å²) >= 11 is 0. The Labute approximate surface area is 148 Å². The van der Waals surface area contributed by atoms with Gasteiger partial charge in [-0.15, -0.1) is 0 Å². The van der Waals surface area contributed by atoms with Crippen molar-refractivity contribution in [3.05, 3.63) is 60.2 Å². The Hall–Kier alpha value is -3.46. The molecule has 4 bridgehead atoms. The molecule has 1 aromatic heterocycles. The Morgan fingerprint density at radius 1 is 1.00 bits per heavy atom. The van der Waals surface area contributed by atoms with E-state index in [9.17, 15) is 13.2 Å². The van der Waals surface area contributed by atoms with Crippen LogP contribution in [0.5, 0.6) is 0 Å². The molecule has 1 aliphatic heterocycles. The molecule has 0 spiro atoms. The third kappa shape index (κ3) is 2.84. The van der Waals surface area contributed by atoms with Crippen molar-refractivity contribution in [3.8, 4) is 0 Å². The molecule has 9 heteroatoms. The molecule has 8 nitrogen and oxygen atoms in total. The SMILES string of the molecule is NC1=Nc2cccc(c2)S(=O)(=O)Nc2cc(c3ccccc3n2)C(=O)N1. The van der Waals surface area contributed by atoms with Crippen LogP contribution in [0.2, 0.25) is 0 Å². The highest BCUT2D eigenvalue weighted by Gasteiger charge is 2.20. The molecule has 0 saturated heterocycles. The second-order valence-electron chi connectivity index (χ2n) is 5.63. The zero-order valence-electron chi connectivity index (χ0n) is 13.3. The number of guanidine groups is 1. The first-order valence-electron chi connectivity index (χ1n) is 7.60. The van der Waals surface area contributed by atoms with E-state index in [1.807, 2.05) is 0 Å². The minimum Gasteiger partial charge on any atom is -0.369 e. The topological polar surface area (TPSA) is 127 Å². The van der Waals surface area contributed by atoms with Crippen molar-refractivity contribution in [2.24, 2.45) is 10.7 Å². The highest BCUT2D eigenvalue weighted by molar-refractivity contribution is 7.92. The average Bonchev–Trinajstić information content (AvgIpc) is 2.60. The maximum absolute atomic E-state index is 12.7. The van der Waals surface area contributed by atoms with Gasteiger partial charge in [0.15, 0.2) is 0 Å². The molecule has 0 radical (unpaired) electrons. The molecule has 2 aromatic carbocycles. The predicted octanol–water partition coefficient (Wildman–Crippen LogP) is 1.73. The largest absolute Gasteiger partial charge is 0.369 e. The fourth-order valence-corrected chi connectivity index (χ4v) is 3.71. The average molecular weight is 367 g/mol. The molecule has 0 aliphatic carbocycles. The van der Waals surface area contributed by atoms with Crippen molar-refractivity contribution in [1.82, 2.24) is 10.3 Å². The minimum absolute atomic E-state index is 0.00922. The van der Waals surface area contributed by atoms with Gasteiger partial charge in [0.2, 0.25) is 5.96 Å². The summed E-state index contributed by atoms with van der Waals surface area (Å²) in [7, 11) is -3.90. The number of benzene rings is 2. The lowest BCUT2D eigenvalue weighted by molar-refractivity contribution is 0.0978. The van der Waals surface area contributed by atoms with Crippen LogP contribution < -0.4 is 15.8 Å². The van der Waals surface area contributed by atoms with Crippen molar-refractivity contribution in [1.29, 1.82) is 0 Å². The lowest BCUT2D eigenvalue weighted by Gasteiger charge is -2.13. The fourth-order valence-electron chi connectivity index (χ4n) is 2.68. The Bertz CT molecular complexity index is 1190. The van der Waals surface area contributed by atoms with Gasteiger partial charge in [0.25, 0.3) is 15.9 Å². The summed E-state index contributed by atoms with van der Waals surface area (Å²) in [4.78, 5) is 21.0. The monoisotopic (exact) mass is 367 g/mol. The summed E-state index contributed by atoms with van der Waals surface area (Å²) < 4.78 is 27.7. The molecule has 0 unspecified atom stereocenters. The standard InChI is InChI=1S/C17H13N5O3S/c18-17-19-10-4-3-5-11(8-10)26(24,25)22-15-9-13(16(23)21-17)12-6-1-2-7-14(12)20-15/h1-9H,(H,20,22)(H3,18,19,21,23). The number of amides is 1. The molecule has 4 N–H and O–H groups in total. The molecule has 26 heavy (non-hydrogen) atoms. The van der Waals surface area contributed by atoms with Crippen LogP contribution in [0.15, 0.2) is 64.5 Å². The fraction of sp³-hybridized carbons (Fsp3) is 0. The van der Waals surface area contributed by atoms with Gasteiger partial charge in [-0.05, 0) is 30.3 Å². The number of nitrogens with zero attached hydrogens (tertiary/aromatic N) is 2. The first-order chi connectivity index (χ1) is 12.4. The lowest BCUT2D eigenvalue weighted by Crippen LogP contribution is -2.36. The summed E-state index contributed by atoms with van der Waals surface area (Å²) in [5.74, 6) is -0.613. The van der Waals surface area contributed by atoms with Crippen LogP contribution in [0, 0.1) is 0 Å². The number of pyridine rings is 1. The maximum Gasteiger partial charge on any atom is 0.263 e. The molecular weight excluding hydrogens is 354 g/mol. The molecular formula is C17H13N5O3S. The first kappa shape index (κ1) is 16.0. The molecule has 0 saturated carbocycles. The first-order valence-corrected chi connectivity index (χ1v) is 9.09. The van der Waals surface area contributed by atoms with Crippen LogP contribution in [0.4, 0.5) is 11.5 Å². The third-order valence-electron chi connectivity index (χ3n) is 3.82. The van der Waals surface area contributed by atoms with E-state index in [2.05, 4.69) is 20.0 Å². The van der Waals surface area contributed by atoms with Gasteiger partial charge in [-0.25, -0.2) is 18.4 Å². The minimum atomic E-state index is -3.90. The molecule has 4 rings (SSSR count). The molecule has 2 heterocycles. The Kier molecular flexibility index (Phi) is 3.58. The van der Waals surface area contributed by atoms with E-state index in [4.69, 9.17) is 5.73 Å². The number of anilines is 1. The van der Waals surface area contributed by atoms with E-state index in [1.54, 1.807) is 30.3 Å². The number of para-hydroxylation sites is 1. The summed E-state index contributed by atoms with van der Waals surface area (Å²) in [6, 6.07) is 14.2. The van der Waals surface area contributed by atoms with E-state index >= 15 is 0 Å². The molecule has 1 amide bonds. The number of carbonyl (C=O) groups is 1. The molecule has 1 aliphatic rings. The number of fused-ring (bicyclic) bond motifs is 6. The van der Waals surface area contributed by atoms with Crippen molar-refractivity contribution in [3.63, 3.8) is 0 Å². The summed E-state index contributed by atoms with van der Waals surface area (Å²) in [5, 5.41) is 3.08. The summed E-state index contributed by atoms with van der Waals surface area (Å²) in [6.07, 6.45) is 0. The summed E-state index contributed by atoms with van der Waals surface area (Å²) in [6.45, 7) is 0. The lowest BCUT2D eigenvalue weighted by atomic mass is 10.1. The zero-order valence-corrected chi connectivity index (χ0v) is 14.1. The Morgan fingerprint density at radius 2 is 1.81 bits per heavy atom. The maximum atomic E-state index is 12.7. The van der Waals surface area contributed by atoms with Gasteiger partial charge < -0.3 is 5.73 Å². The van der Waals surface area contributed by atoms with Crippen LogP contribution in [0.25, 0.3) is 10.9 Å². The van der Waals surface area contributed by atoms with Crippen LogP contribution in [0.3, 0.4) is 0 Å². The summed E-state index contributed by atoms with van der Waals surface area (Å²) in [5.41, 5.74) is 6.80. The van der Waals surface area contributed by atoms with Crippen molar-refractivity contribution < 1.29 is 13.2 Å². The number of nitrogens with one attached hydrogen (secondary N) is 2. The van der Waals surface area contributed by atoms with Gasteiger partial charge in [-0.2, -0.15) is 0 Å². The zero-order chi connectivity index (χ0) is 18.3. The normalized spacial score (nSPS) is 15.8. The predicted molar refractivity (Wildman–Crippen MR) is 97.7 cm³/mol. The van der Waals surface area contributed by atoms with Crippen molar-refractivity contribution in [2.75, 3.05) is 4.72 Å². The highest BCUT2D eigenvalue weighted by atomic mass is 32.2. The second-order valence-corrected chi connectivity index (χ2v) is 7.31. The van der Waals surface area contributed by atoms with E-state index in [0.29, 0.717) is 16.6 Å². The highest BCUT2D eigenvalue weighted by Crippen LogP contribution is 2.25. The van der Waals surface area contributed by atoms with Gasteiger partial charge in [0.1, 0.15) is 5.82 Å². The number of rotatable bonds is 0. The van der Waals surface area contributed by atoms with E-state index in [1.165, 1.54) is 24.3 Å². The third-order valence-corrected chi connectivity index (χ3v) is 5.17. The van der Waals surface area contributed by atoms with Gasteiger partial charge in [-0.1, -0.05) is 24.3 Å². The number of sulfonamides is 1. The van der Waals surface area contributed by atoms with E-state index in [-0.39, 0.29) is 22.2 Å². The molecule has 0 fully saturated rings. The number of hydrogen-bond donors (Lipinski definition) is 3. The number of nitrogens with two attached hydrogens (primary N) is 1. The van der Waals surface area contributed by atoms with Gasteiger partial charge in [0, 0.05) is 5.39 Å². The molecule has 130 valence electrons. The quantitative estimate of drug-likeness (QED) is 0.558. The Morgan fingerprint density at radius 3 is 2.65 bits per heavy atom. The van der Waals surface area contributed by atoms with Crippen molar-refractivity contribution in [2.45, 2.75) is 4.90 Å². The molecule has 3 aromatic rings. The van der Waals surface area contributed by atoms with Gasteiger partial charge in [0.05, 0.1) is 21.7 Å². The number of hydrogen-bond acceptors (Lipinski definition) is 6. The van der Waals surface area contributed by atoms with Crippen LogP contribution in [-0.2, 0) is 10.0 Å². The van der Waals surface area contributed by atoms with E-state index in [0.717, 1.165) is 0 Å². The number of aromatic nitrogens is 1. The van der Waals surface area contributed by atoms with E-state index < -0.39 is 15.9 Å². The number of aliphatic imine (C=N–C) groups is 1. The Balaban J connectivity index is 2.00. The van der Waals surface area contributed by atoms with Crippen molar-refractivity contribution >= 4 is 44.3 Å². The van der Waals surface area contributed by atoms with Crippen LogP contribution >= 0.6 is 0 Å².